The number of carbonyl (C=O) groups excluding carboxylic acids is 1. The quantitative estimate of drug-likeness (QED) is 0.611. The van der Waals surface area contributed by atoms with E-state index in [4.69, 9.17) is 9.47 Å². The lowest BCUT2D eigenvalue weighted by atomic mass is 10.0. The number of likely N-dealkylation sites (tertiary alicyclic amines) is 1. The number of fused-ring (bicyclic) bond motifs is 1. The van der Waals surface area contributed by atoms with Crippen molar-refractivity contribution < 1.29 is 22.7 Å². The minimum absolute atomic E-state index is 0.0374. The van der Waals surface area contributed by atoms with E-state index in [9.17, 15) is 13.2 Å². The van der Waals surface area contributed by atoms with E-state index in [0.29, 0.717) is 36.8 Å². The molecule has 1 atom stereocenters. The van der Waals surface area contributed by atoms with Crippen LogP contribution in [-0.4, -0.2) is 39.0 Å². The molecular formula is C25H24N2O5S. The maximum atomic E-state index is 13.3. The molecule has 5 rings (SSSR count). The molecule has 8 heteroatoms. The Kier molecular flexibility index (Phi) is 5.68. The van der Waals surface area contributed by atoms with Gasteiger partial charge < -0.3 is 14.4 Å². The molecule has 0 saturated carbocycles. The van der Waals surface area contributed by atoms with E-state index in [-0.39, 0.29) is 16.8 Å². The van der Waals surface area contributed by atoms with Crippen LogP contribution < -0.4 is 14.2 Å². The normalized spacial score (nSPS) is 17.6. The number of hydrogen-bond acceptors (Lipinski definition) is 5. The molecule has 0 unspecified atom stereocenters. The number of carbonyl (C=O) groups is 1. The molecule has 0 bridgehead atoms. The summed E-state index contributed by atoms with van der Waals surface area (Å²) in [5.74, 6) is 1.37. The van der Waals surface area contributed by atoms with Crippen molar-refractivity contribution in [1.82, 2.24) is 4.90 Å². The Bertz CT molecular complexity index is 1260. The molecule has 0 radical (unpaired) electrons. The predicted molar refractivity (Wildman–Crippen MR) is 124 cm³/mol. The number of sulfonamides is 1. The van der Waals surface area contributed by atoms with Crippen molar-refractivity contribution in [3.63, 3.8) is 0 Å². The Morgan fingerprint density at radius 2 is 1.64 bits per heavy atom. The fourth-order valence-corrected chi connectivity index (χ4v) is 5.36. The van der Waals surface area contributed by atoms with Gasteiger partial charge >= 0.3 is 0 Å². The number of amides is 1. The third-order valence-corrected chi connectivity index (χ3v) is 7.30. The highest BCUT2D eigenvalue weighted by molar-refractivity contribution is 7.92. The number of hydrogen-bond donors (Lipinski definition) is 1. The number of nitrogens with one attached hydrogen (secondary N) is 1. The maximum Gasteiger partial charge on any atom is 0.261 e. The van der Waals surface area contributed by atoms with E-state index < -0.39 is 10.0 Å². The second-order valence-electron chi connectivity index (χ2n) is 8.06. The summed E-state index contributed by atoms with van der Waals surface area (Å²) in [6, 6.07) is 20.5. The van der Waals surface area contributed by atoms with Crippen molar-refractivity contribution in [3.05, 3.63) is 83.9 Å². The van der Waals surface area contributed by atoms with Crippen LogP contribution in [0.4, 0.5) is 5.69 Å². The highest BCUT2D eigenvalue weighted by atomic mass is 32.2. The monoisotopic (exact) mass is 464 g/mol. The van der Waals surface area contributed by atoms with Crippen LogP contribution in [-0.2, 0) is 10.0 Å². The standard InChI is InChI=1S/C25H24N2O5S/c28-25(18-8-11-20(12-9-18)26-33(29,30)21-5-2-1-3-6-21)27-14-4-7-22(27)19-10-13-23-24(17-19)32-16-15-31-23/h1-3,5-6,8-13,17,22,26H,4,7,14-16H2/t22-/m0/s1. The van der Waals surface area contributed by atoms with Gasteiger partial charge in [0.2, 0.25) is 0 Å². The molecule has 0 aromatic heterocycles. The van der Waals surface area contributed by atoms with Gasteiger partial charge in [-0.05, 0) is 66.9 Å². The summed E-state index contributed by atoms with van der Waals surface area (Å²) in [6.07, 6.45) is 1.79. The van der Waals surface area contributed by atoms with E-state index >= 15 is 0 Å². The van der Waals surface area contributed by atoms with Crippen molar-refractivity contribution in [2.24, 2.45) is 0 Å². The molecule has 170 valence electrons. The lowest BCUT2D eigenvalue weighted by Gasteiger charge is -2.27. The zero-order valence-corrected chi connectivity index (χ0v) is 18.8. The van der Waals surface area contributed by atoms with E-state index in [1.165, 1.54) is 12.1 Å². The van der Waals surface area contributed by atoms with E-state index in [1.54, 1.807) is 42.5 Å². The van der Waals surface area contributed by atoms with Gasteiger partial charge in [-0.25, -0.2) is 8.42 Å². The van der Waals surface area contributed by atoms with Crippen molar-refractivity contribution in [1.29, 1.82) is 0 Å². The molecule has 0 spiro atoms. The Morgan fingerprint density at radius 1 is 0.909 bits per heavy atom. The third-order valence-electron chi connectivity index (χ3n) is 5.90. The number of anilines is 1. The Balaban J connectivity index is 1.32. The second kappa shape index (κ2) is 8.78. The van der Waals surface area contributed by atoms with Crippen LogP contribution in [0.1, 0.15) is 34.8 Å². The van der Waals surface area contributed by atoms with Gasteiger partial charge in [-0.15, -0.1) is 0 Å². The smallest absolute Gasteiger partial charge is 0.261 e. The highest BCUT2D eigenvalue weighted by Crippen LogP contribution is 2.38. The molecule has 0 aliphatic carbocycles. The Morgan fingerprint density at radius 3 is 2.39 bits per heavy atom. The predicted octanol–water partition coefficient (Wildman–Crippen LogP) is 4.24. The molecular weight excluding hydrogens is 440 g/mol. The van der Waals surface area contributed by atoms with Crippen LogP contribution >= 0.6 is 0 Å². The second-order valence-corrected chi connectivity index (χ2v) is 9.74. The minimum Gasteiger partial charge on any atom is -0.486 e. The van der Waals surface area contributed by atoms with Crippen molar-refractivity contribution in [3.8, 4) is 11.5 Å². The first-order chi connectivity index (χ1) is 16.0. The van der Waals surface area contributed by atoms with Gasteiger partial charge in [-0.2, -0.15) is 0 Å². The summed E-state index contributed by atoms with van der Waals surface area (Å²) >= 11 is 0. The van der Waals surface area contributed by atoms with Crippen LogP contribution in [0.5, 0.6) is 11.5 Å². The molecule has 1 amide bonds. The maximum absolute atomic E-state index is 13.3. The molecule has 3 aromatic rings. The molecule has 2 aliphatic rings. The lowest BCUT2D eigenvalue weighted by molar-refractivity contribution is 0.0735. The van der Waals surface area contributed by atoms with Crippen molar-refractivity contribution >= 4 is 21.6 Å². The third kappa shape index (κ3) is 4.39. The highest BCUT2D eigenvalue weighted by Gasteiger charge is 2.31. The molecule has 7 nitrogen and oxygen atoms in total. The Labute approximate surface area is 193 Å². The molecule has 1 saturated heterocycles. The lowest BCUT2D eigenvalue weighted by Crippen LogP contribution is -2.30. The van der Waals surface area contributed by atoms with Crippen molar-refractivity contribution in [2.45, 2.75) is 23.8 Å². The zero-order valence-electron chi connectivity index (χ0n) is 17.9. The van der Waals surface area contributed by atoms with Crippen LogP contribution in [0.15, 0.2) is 77.7 Å². The molecule has 1 N–H and O–H groups in total. The van der Waals surface area contributed by atoms with Gasteiger partial charge in [0.15, 0.2) is 11.5 Å². The first-order valence-corrected chi connectivity index (χ1v) is 12.4. The summed E-state index contributed by atoms with van der Waals surface area (Å²) in [5, 5.41) is 0. The summed E-state index contributed by atoms with van der Waals surface area (Å²) in [5.41, 5.74) is 1.94. The molecule has 33 heavy (non-hydrogen) atoms. The molecule has 3 aromatic carbocycles. The first kappa shape index (κ1) is 21.3. The van der Waals surface area contributed by atoms with Gasteiger partial charge in [0.05, 0.1) is 10.9 Å². The van der Waals surface area contributed by atoms with Crippen molar-refractivity contribution in [2.75, 3.05) is 24.5 Å². The molecule has 2 heterocycles. The fourth-order valence-electron chi connectivity index (χ4n) is 4.28. The largest absolute Gasteiger partial charge is 0.486 e. The summed E-state index contributed by atoms with van der Waals surface area (Å²) in [6.45, 7) is 1.72. The van der Waals surface area contributed by atoms with Gasteiger partial charge in [-0.3, -0.25) is 9.52 Å². The van der Waals surface area contributed by atoms with Crippen LogP contribution in [0.2, 0.25) is 0 Å². The average Bonchev–Trinajstić information content (AvgIpc) is 3.34. The van der Waals surface area contributed by atoms with E-state index in [0.717, 1.165) is 24.2 Å². The first-order valence-electron chi connectivity index (χ1n) is 10.9. The zero-order chi connectivity index (χ0) is 22.8. The van der Waals surface area contributed by atoms with Crippen LogP contribution in [0.3, 0.4) is 0 Å². The number of rotatable bonds is 5. The van der Waals surface area contributed by atoms with Gasteiger partial charge in [-0.1, -0.05) is 24.3 Å². The topological polar surface area (TPSA) is 84.9 Å². The van der Waals surface area contributed by atoms with E-state index in [2.05, 4.69) is 4.72 Å². The molecule has 1 fully saturated rings. The van der Waals surface area contributed by atoms with Gasteiger partial charge in [0, 0.05) is 17.8 Å². The SMILES string of the molecule is O=C(c1ccc(NS(=O)(=O)c2ccccc2)cc1)N1CCC[C@H]1c1ccc2c(c1)OCCO2. The minimum atomic E-state index is -3.68. The Hall–Kier alpha value is -3.52. The fraction of sp³-hybridized carbons (Fsp3) is 0.240. The number of ether oxygens (including phenoxy) is 2. The van der Waals surface area contributed by atoms with Gasteiger partial charge in [0.25, 0.3) is 15.9 Å². The van der Waals surface area contributed by atoms with Crippen LogP contribution in [0, 0.1) is 0 Å². The molecule has 2 aliphatic heterocycles. The average molecular weight is 465 g/mol. The van der Waals surface area contributed by atoms with Crippen LogP contribution in [0.25, 0.3) is 0 Å². The number of nitrogens with zero attached hydrogens (tertiary/aromatic N) is 1. The number of benzene rings is 3. The van der Waals surface area contributed by atoms with E-state index in [1.807, 2.05) is 23.1 Å². The van der Waals surface area contributed by atoms with Gasteiger partial charge in [0.1, 0.15) is 13.2 Å². The summed E-state index contributed by atoms with van der Waals surface area (Å²) in [7, 11) is -3.68. The summed E-state index contributed by atoms with van der Waals surface area (Å²) < 4.78 is 38.9. The summed E-state index contributed by atoms with van der Waals surface area (Å²) in [4.78, 5) is 15.3.